The predicted octanol–water partition coefficient (Wildman–Crippen LogP) is 2.23. The SMILES string of the molecule is COc1cc(C=NN=C(N)NOS(=O)(=O)c2ccc(C)cc2)c(Cl)c(OC)c1OC. The summed E-state index contributed by atoms with van der Waals surface area (Å²) >= 11 is 6.29. The van der Waals surface area contributed by atoms with Crippen LogP contribution in [0.5, 0.6) is 17.2 Å². The van der Waals surface area contributed by atoms with Crippen molar-refractivity contribution < 1.29 is 26.9 Å². The molecule has 2 aromatic rings. The molecule has 0 aliphatic carbocycles. The number of hydrogen-bond donors (Lipinski definition) is 2. The van der Waals surface area contributed by atoms with Crippen molar-refractivity contribution in [3.8, 4) is 17.2 Å². The van der Waals surface area contributed by atoms with E-state index >= 15 is 0 Å². The van der Waals surface area contributed by atoms with Crippen LogP contribution in [0, 0.1) is 6.92 Å². The number of guanidine groups is 1. The molecule has 2 aromatic carbocycles. The monoisotopic (exact) mass is 456 g/mol. The normalized spacial score (nSPS) is 12.1. The highest BCUT2D eigenvalue weighted by atomic mass is 35.5. The molecule has 10 nitrogen and oxygen atoms in total. The van der Waals surface area contributed by atoms with E-state index in [1.165, 1.54) is 39.7 Å². The Hall–Kier alpha value is -3.02. The Morgan fingerprint density at radius 1 is 1.10 bits per heavy atom. The lowest BCUT2D eigenvalue weighted by Gasteiger charge is -2.14. The fraction of sp³-hybridized carbons (Fsp3) is 0.222. The lowest BCUT2D eigenvalue weighted by Crippen LogP contribution is -2.33. The van der Waals surface area contributed by atoms with Crippen molar-refractivity contribution in [1.82, 2.24) is 5.48 Å². The van der Waals surface area contributed by atoms with Crippen LogP contribution >= 0.6 is 11.6 Å². The second-order valence-corrected chi connectivity index (χ2v) is 7.66. The van der Waals surface area contributed by atoms with Gasteiger partial charge < -0.3 is 19.9 Å². The van der Waals surface area contributed by atoms with Gasteiger partial charge in [-0.15, -0.1) is 9.39 Å². The standard InChI is InChI=1S/C18H21ClN4O6S/c1-11-5-7-13(8-6-11)30(24,25)29-23-18(20)22-21-10-12-9-14(26-2)16(27-3)17(28-4)15(12)19/h5-10H,1-4H3,(H3,20,22,23). The summed E-state index contributed by atoms with van der Waals surface area (Å²) in [7, 11) is 0.259. The molecular formula is C18H21ClN4O6S. The van der Waals surface area contributed by atoms with Gasteiger partial charge in [0.05, 0.1) is 37.5 Å². The third-order valence-electron chi connectivity index (χ3n) is 3.73. The summed E-state index contributed by atoms with van der Waals surface area (Å²) in [5.74, 6) is 0.539. The van der Waals surface area contributed by atoms with Crippen LogP contribution in [0.4, 0.5) is 0 Å². The summed E-state index contributed by atoms with van der Waals surface area (Å²) in [6.45, 7) is 1.83. The van der Waals surface area contributed by atoms with E-state index in [1.54, 1.807) is 18.2 Å². The zero-order valence-electron chi connectivity index (χ0n) is 16.7. The number of benzene rings is 2. The smallest absolute Gasteiger partial charge is 0.317 e. The number of methoxy groups -OCH3 is 3. The number of hydroxylamine groups is 1. The van der Waals surface area contributed by atoms with Gasteiger partial charge in [-0.2, -0.15) is 13.5 Å². The maximum Gasteiger partial charge on any atom is 0.317 e. The number of rotatable bonds is 8. The average molecular weight is 457 g/mol. The van der Waals surface area contributed by atoms with E-state index in [9.17, 15) is 8.42 Å². The van der Waals surface area contributed by atoms with Crippen LogP contribution in [0.15, 0.2) is 45.4 Å². The first-order chi connectivity index (χ1) is 14.2. The first kappa shape index (κ1) is 23.3. The zero-order chi connectivity index (χ0) is 22.3. The molecule has 0 heterocycles. The molecule has 0 atom stereocenters. The second-order valence-electron chi connectivity index (χ2n) is 5.73. The summed E-state index contributed by atoms with van der Waals surface area (Å²) in [6.07, 6.45) is 1.27. The Bertz CT molecular complexity index is 1060. The van der Waals surface area contributed by atoms with E-state index in [2.05, 4.69) is 14.5 Å². The van der Waals surface area contributed by atoms with Crippen molar-refractivity contribution in [2.24, 2.45) is 15.9 Å². The van der Waals surface area contributed by atoms with Gasteiger partial charge in [-0.3, -0.25) is 0 Å². The third-order valence-corrected chi connectivity index (χ3v) is 5.27. The van der Waals surface area contributed by atoms with E-state index < -0.39 is 16.1 Å². The Labute approximate surface area is 179 Å². The molecule has 0 saturated heterocycles. The van der Waals surface area contributed by atoms with Gasteiger partial charge in [-0.1, -0.05) is 29.3 Å². The molecule has 12 heteroatoms. The van der Waals surface area contributed by atoms with Gasteiger partial charge in [0, 0.05) is 5.56 Å². The number of nitrogens with two attached hydrogens (primary N) is 1. The number of nitrogens with zero attached hydrogens (tertiary/aromatic N) is 2. The van der Waals surface area contributed by atoms with Gasteiger partial charge in [0.2, 0.25) is 11.7 Å². The van der Waals surface area contributed by atoms with Crippen molar-refractivity contribution in [3.63, 3.8) is 0 Å². The van der Waals surface area contributed by atoms with Crippen LogP contribution in [-0.4, -0.2) is 41.9 Å². The first-order valence-electron chi connectivity index (χ1n) is 8.34. The van der Waals surface area contributed by atoms with Gasteiger partial charge in [0.1, 0.15) is 0 Å². The molecule has 0 spiro atoms. The predicted molar refractivity (Wildman–Crippen MR) is 113 cm³/mol. The van der Waals surface area contributed by atoms with Crippen LogP contribution in [-0.2, 0) is 14.4 Å². The minimum atomic E-state index is -4.07. The zero-order valence-corrected chi connectivity index (χ0v) is 18.2. The molecule has 3 N–H and O–H groups in total. The van der Waals surface area contributed by atoms with E-state index in [0.717, 1.165) is 5.56 Å². The van der Waals surface area contributed by atoms with Crippen molar-refractivity contribution in [2.75, 3.05) is 21.3 Å². The molecule has 2 rings (SSSR count). The average Bonchev–Trinajstić information content (AvgIpc) is 2.73. The number of aryl methyl sites for hydroxylation is 1. The van der Waals surface area contributed by atoms with Crippen LogP contribution in [0.1, 0.15) is 11.1 Å². The van der Waals surface area contributed by atoms with Crippen molar-refractivity contribution in [2.45, 2.75) is 11.8 Å². The Balaban J connectivity index is 2.14. The summed E-state index contributed by atoms with van der Waals surface area (Å²) < 4.78 is 44.6. The van der Waals surface area contributed by atoms with Crippen LogP contribution in [0.25, 0.3) is 0 Å². The highest BCUT2D eigenvalue weighted by Gasteiger charge is 2.19. The molecular weight excluding hydrogens is 436 g/mol. The second kappa shape index (κ2) is 10.1. The maximum absolute atomic E-state index is 12.1. The molecule has 0 saturated carbocycles. The molecule has 0 radical (unpaired) electrons. The minimum absolute atomic E-state index is 0.0406. The highest BCUT2D eigenvalue weighted by Crippen LogP contribution is 2.44. The van der Waals surface area contributed by atoms with E-state index in [1.807, 2.05) is 12.4 Å². The highest BCUT2D eigenvalue weighted by molar-refractivity contribution is 7.86. The minimum Gasteiger partial charge on any atom is -0.493 e. The summed E-state index contributed by atoms with van der Waals surface area (Å²) in [4.78, 5) is -0.0406. The quantitative estimate of drug-likeness (QED) is 0.351. The molecule has 0 aromatic heterocycles. The Morgan fingerprint density at radius 3 is 2.30 bits per heavy atom. The number of halogens is 1. The molecule has 162 valence electrons. The van der Waals surface area contributed by atoms with Gasteiger partial charge in [0.25, 0.3) is 0 Å². The van der Waals surface area contributed by atoms with Crippen LogP contribution in [0.3, 0.4) is 0 Å². The molecule has 0 unspecified atom stereocenters. The van der Waals surface area contributed by atoms with Crippen LogP contribution in [0.2, 0.25) is 5.02 Å². The Morgan fingerprint density at radius 2 is 1.73 bits per heavy atom. The maximum atomic E-state index is 12.1. The number of ether oxygens (including phenoxy) is 3. The molecule has 0 amide bonds. The molecule has 0 aliphatic heterocycles. The number of hydrogen-bond acceptors (Lipinski definition) is 8. The molecule has 0 fully saturated rings. The van der Waals surface area contributed by atoms with Crippen LogP contribution < -0.4 is 25.4 Å². The Kier molecular flexibility index (Phi) is 7.86. The lowest BCUT2D eigenvalue weighted by atomic mass is 10.2. The van der Waals surface area contributed by atoms with Gasteiger partial charge >= 0.3 is 10.1 Å². The molecule has 0 bridgehead atoms. The van der Waals surface area contributed by atoms with Crippen molar-refractivity contribution in [3.05, 3.63) is 46.5 Å². The number of nitrogens with one attached hydrogen (secondary N) is 1. The van der Waals surface area contributed by atoms with E-state index in [4.69, 9.17) is 31.5 Å². The van der Waals surface area contributed by atoms with Crippen molar-refractivity contribution in [1.29, 1.82) is 0 Å². The molecule has 30 heavy (non-hydrogen) atoms. The summed E-state index contributed by atoms with van der Waals surface area (Å²) in [5, 5.41) is 7.58. The fourth-order valence-corrected chi connectivity index (χ4v) is 3.29. The van der Waals surface area contributed by atoms with E-state index in [0.29, 0.717) is 17.1 Å². The van der Waals surface area contributed by atoms with Gasteiger partial charge in [-0.05, 0) is 25.1 Å². The topological polar surface area (TPSA) is 134 Å². The summed E-state index contributed by atoms with van der Waals surface area (Å²) in [5.41, 5.74) is 8.90. The largest absolute Gasteiger partial charge is 0.493 e. The first-order valence-corrected chi connectivity index (χ1v) is 10.1. The molecule has 0 aliphatic rings. The van der Waals surface area contributed by atoms with Gasteiger partial charge in [-0.25, -0.2) is 5.48 Å². The van der Waals surface area contributed by atoms with E-state index in [-0.39, 0.29) is 15.7 Å². The fourth-order valence-electron chi connectivity index (χ4n) is 2.26. The third kappa shape index (κ3) is 5.53. The summed E-state index contributed by atoms with van der Waals surface area (Å²) in [6, 6.07) is 7.65. The van der Waals surface area contributed by atoms with Crippen molar-refractivity contribution >= 4 is 33.9 Å². The lowest BCUT2D eigenvalue weighted by molar-refractivity contribution is 0.266. The van der Waals surface area contributed by atoms with Gasteiger partial charge in [0.15, 0.2) is 11.5 Å².